The quantitative estimate of drug-likeness (QED) is 0.393. The Morgan fingerprint density at radius 2 is 1.74 bits per heavy atom. The highest BCUT2D eigenvalue weighted by Gasteiger charge is 2.45. The number of benzene rings is 2. The SMILES string of the molecule is COCCN1C(=O)C(=O)/C(=C(/O)c2ccc(OCC(C)C)cc2)C1c1ccc(F)cc1. The van der Waals surface area contributed by atoms with Gasteiger partial charge in [-0.15, -0.1) is 0 Å². The summed E-state index contributed by atoms with van der Waals surface area (Å²) < 4.78 is 24.2. The number of methoxy groups -OCH3 is 1. The van der Waals surface area contributed by atoms with Gasteiger partial charge in [0, 0.05) is 19.2 Å². The highest BCUT2D eigenvalue weighted by molar-refractivity contribution is 6.46. The van der Waals surface area contributed by atoms with Crippen molar-refractivity contribution in [2.45, 2.75) is 19.9 Å². The lowest BCUT2D eigenvalue weighted by Crippen LogP contribution is -2.32. The Bertz CT molecular complexity index is 966. The molecule has 1 unspecified atom stereocenters. The molecule has 6 nitrogen and oxygen atoms in total. The first-order valence-electron chi connectivity index (χ1n) is 10.1. The molecule has 0 aliphatic carbocycles. The van der Waals surface area contributed by atoms with E-state index in [2.05, 4.69) is 0 Å². The number of carbonyl (C=O) groups excluding carboxylic acids is 2. The van der Waals surface area contributed by atoms with Crippen LogP contribution in [-0.2, 0) is 14.3 Å². The average molecular weight is 427 g/mol. The molecule has 1 saturated heterocycles. The van der Waals surface area contributed by atoms with E-state index in [4.69, 9.17) is 9.47 Å². The number of hydrogen-bond acceptors (Lipinski definition) is 5. The number of hydrogen-bond donors (Lipinski definition) is 1. The van der Waals surface area contributed by atoms with Gasteiger partial charge < -0.3 is 19.5 Å². The normalized spacial score (nSPS) is 18.1. The number of aliphatic hydroxyl groups excluding tert-OH is 1. The summed E-state index contributed by atoms with van der Waals surface area (Å²) in [4.78, 5) is 26.9. The fraction of sp³-hybridized carbons (Fsp3) is 0.333. The maximum absolute atomic E-state index is 13.5. The monoisotopic (exact) mass is 427 g/mol. The van der Waals surface area contributed by atoms with Crippen LogP contribution in [0.2, 0.25) is 0 Å². The molecule has 0 radical (unpaired) electrons. The second kappa shape index (κ2) is 9.75. The lowest BCUT2D eigenvalue weighted by molar-refractivity contribution is -0.140. The number of rotatable bonds is 8. The first kappa shape index (κ1) is 22.5. The fourth-order valence-electron chi connectivity index (χ4n) is 3.42. The van der Waals surface area contributed by atoms with Crippen LogP contribution in [0.25, 0.3) is 5.76 Å². The minimum Gasteiger partial charge on any atom is -0.507 e. The zero-order valence-electron chi connectivity index (χ0n) is 17.8. The van der Waals surface area contributed by atoms with Crippen LogP contribution in [0.4, 0.5) is 4.39 Å². The fourth-order valence-corrected chi connectivity index (χ4v) is 3.42. The average Bonchev–Trinajstić information content (AvgIpc) is 3.01. The van der Waals surface area contributed by atoms with Gasteiger partial charge in [-0.1, -0.05) is 26.0 Å². The Morgan fingerprint density at radius 1 is 1.10 bits per heavy atom. The van der Waals surface area contributed by atoms with E-state index in [9.17, 15) is 19.1 Å². The Kier molecular flexibility index (Phi) is 7.07. The molecule has 1 N–H and O–H groups in total. The van der Waals surface area contributed by atoms with E-state index in [1.165, 1.54) is 36.3 Å². The van der Waals surface area contributed by atoms with Gasteiger partial charge in [-0.05, 0) is 47.9 Å². The molecule has 1 aliphatic heterocycles. The van der Waals surface area contributed by atoms with Crippen molar-refractivity contribution in [3.63, 3.8) is 0 Å². The first-order valence-corrected chi connectivity index (χ1v) is 10.1. The Morgan fingerprint density at radius 3 is 2.32 bits per heavy atom. The molecule has 7 heteroatoms. The van der Waals surface area contributed by atoms with Crippen LogP contribution in [0.3, 0.4) is 0 Å². The molecular weight excluding hydrogens is 401 g/mol. The van der Waals surface area contributed by atoms with Gasteiger partial charge in [0.05, 0.1) is 24.8 Å². The lowest BCUT2D eigenvalue weighted by Gasteiger charge is -2.25. The topological polar surface area (TPSA) is 76.1 Å². The summed E-state index contributed by atoms with van der Waals surface area (Å²) in [7, 11) is 1.49. The van der Waals surface area contributed by atoms with Crippen molar-refractivity contribution in [1.82, 2.24) is 4.90 Å². The molecule has 1 aliphatic rings. The Balaban J connectivity index is 2.02. The molecule has 2 aromatic rings. The molecule has 31 heavy (non-hydrogen) atoms. The van der Waals surface area contributed by atoms with Crippen molar-refractivity contribution in [1.29, 1.82) is 0 Å². The van der Waals surface area contributed by atoms with Crippen molar-refractivity contribution < 1.29 is 28.6 Å². The number of ketones is 1. The lowest BCUT2D eigenvalue weighted by atomic mass is 9.95. The molecule has 0 aromatic heterocycles. The molecule has 3 rings (SSSR count). The van der Waals surface area contributed by atoms with E-state index >= 15 is 0 Å². The predicted molar refractivity (Wildman–Crippen MR) is 114 cm³/mol. The predicted octanol–water partition coefficient (Wildman–Crippen LogP) is 3.93. The van der Waals surface area contributed by atoms with E-state index in [-0.39, 0.29) is 24.5 Å². The third-order valence-electron chi connectivity index (χ3n) is 4.97. The minimum absolute atomic E-state index is 0.0384. The van der Waals surface area contributed by atoms with Crippen LogP contribution in [0, 0.1) is 11.7 Å². The molecule has 1 amide bonds. The largest absolute Gasteiger partial charge is 0.507 e. The minimum atomic E-state index is -0.840. The number of nitrogens with zero attached hydrogens (tertiary/aromatic N) is 1. The maximum Gasteiger partial charge on any atom is 0.295 e. The second-order valence-corrected chi connectivity index (χ2v) is 7.77. The Labute approximate surface area is 180 Å². The number of Topliss-reactive ketones (excluding diaryl/α,β-unsaturated/α-hetero) is 1. The smallest absolute Gasteiger partial charge is 0.295 e. The number of halogens is 1. The number of ether oxygens (including phenoxy) is 2. The van der Waals surface area contributed by atoms with Crippen molar-refractivity contribution in [3.05, 3.63) is 71.0 Å². The zero-order chi connectivity index (χ0) is 22.5. The van der Waals surface area contributed by atoms with Gasteiger partial charge in [0.1, 0.15) is 17.3 Å². The molecule has 1 atom stereocenters. The van der Waals surface area contributed by atoms with Crippen LogP contribution in [0.1, 0.15) is 31.0 Å². The van der Waals surface area contributed by atoms with Gasteiger partial charge >= 0.3 is 0 Å². The van der Waals surface area contributed by atoms with Gasteiger partial charge in [0.25, 0.3) is 11.7 Å². The van der Waals surface area contributed by atoms with E-state index in [0.717, 1.165) is 0 Å². The van der Waals surface area contributed by atoms with Crippen LogP contribution < -0.4 is 4.74 Å². The number of likely N-dealkylation sites (tertiary alicyclic amines) is 1. The molecule has 2 aromatic carbocycles. The van der Waals surface area contributed by atoms with Gasteiger partial charge in [-0.25, -0.2) is 4.39 Å². The van der Waals surface area contributed by atoms with E-state index in [1.54, 1.807) is 24.3 Å². The van der Waals surface area contributed by atoms with E-state index in [0.29, 0.717) is 29.4 Å². The van der Waals surface area contributed by atoms with Crippen LogP contribution in [-0.4, -0.2) is 48.6 Å². The summed E-state index contributed by atoms with van der Waals surface area (Å²) in [5.74, 6) is -1.24. The number of aliphatic hydroxyl groups is 1. The molecule has 0 bridgehead atoms. The molecule has 0 saturated carbocycles. The standard InChI is InChI=1S/C24H26FNO5/c1-15(2)14-31-19-10-6-17(7-11-19)22(27)20-21(16-4-8-18(25)9-5-16)26(12-13-30-3)24(29)23(20)28/h4-11,15,21,27H,12-14H2,1-3H3/b22-20+. The van der Waals surface area contributed by atoms with E-state index < -0.39 is 23.5 Å². The van der Waals surface area contributed by atoms with Crippen molar-refractivity contribution >= 4 is 17.4 Å². The third-order valence-corrected chi connectivity index (χ3v) is 4.97. The number of carbonyl (C=O) groups is 2. The van der Waals surface area contributed by atoms with Crippen LogP contribution in [0.5, 0.6) is 5.75 Å². The van der Waals surface area contributed by atoms with E-state index in [1.807, 2.05) is 13.8 Å². The first-order chi connectivity index (χ1) is 14.8. The second-order valence-electron chi connectivity index (χ2n) is 7.77. The van der Waals surface area contributed by atoms with Gasteiger partial charge in [-0.3, -0.25) is 9.59 Å². The van der Waals surface area contributed by atoms with Crippen molar-refractivity contribution in [3.8, 4) is 5.75 Å². The number of amides is 1. The van der Waals surface area contributed by atoms with Gasteiger partial charge in [-0.2, -0.15) is 0 Å². The Hall–Kier alpha value is -3.19. The maximum atomic E-state index is 13.5. The summed E-state index contributed by atoms with van der Waals surface area (Å²) in [6, 6.07) is 11.3. The molecule has 1 fully saturated rings. The van der Waals surface area contributed by atoms with Crippen molar-refractivity contribution in [2.24, 2.45) is 5.92 Å². The summed E-state index contributed by atoms with van der Waals surface area (Å²) in [6.45, 7) is 5.01. The van der Waals surface area contributed by atoms with Crippen molar-refractivity contribution in [2.75, 3.05) is 26.9 Å². The van der Waals surface area contributed by atoms with Crippen LogP contribution in [0.15, 0.2) is 54.1 Å². The summed E-state index contributed by atoms with van der Waals surface area (Å²) in [6.07, 6.45) is 0. The summed E-state index contributed by atoms with van der Waals surface area (Å²) >= 11 is 0. The molecule has 0 spiro atoms. The molecular formula is C24H26FNO5. The molecule has 1 heterocycles. The van der Waals surface area contributed by atoms with Crippen LogP contribution >= 0.6 is 0 Å². The van der Waals surface area contributed by atoms with Gasteiger partial charge in [0.2, 0.25) is 0 Å². The third kappa shape index (κ3) is 4.94. The zero-order valence-corrected chi connectivity index (χ0v) is 17.8. The summed E-state index contributed by atoms with van der Waals surface area (Å²) in [5.41, 5.74) is 0.868. The van der Waals surface area contributed by atoms with Gasteiger partial charge in [0.15, 0.2) is 0 Å². The molecule has 164 valence electrons. The summed E-state index contributed by atoms with van der Waals surface area (Å²) in [5, 5.41) is 11.0. The highest BCUT2D eigenvalue weighted by atomic mass is 19.1. The highest BCUT2D eigenvalue weighted by Crippen LogP contribution is 2.39.